The first kappa shape index (κ1) is 22.4. The monoisotopic (exact) mass is 442 g/mol. The Balaban J connectivity index is 2.77. The molecule has 0 aliphatic rings. The van der Waals surface area contributed by atoms with Crippen LogP contribution in [0.5, 0.6) is 0 Å². The Kier molecular flexibility index (Phi) is 7.66. The normalized spacial score (nSPS) is 12.5. The van der Waals surface area contributed by atoms with Crippen LogP contribution in [-0.4, -0.2) is 39.0 Å². The van der Waals surface area contributed by atoms with E-state index in [1.807, 2.05) is 0 Å². The largest absolute Gasteiger partial charge is 0.463 e. The molecule has 0 unspecified atom stereocenters. The van der Waals surface area contributed by atoms with Gasteiger partial charge in [0.15, 0.2) is 9.84 Å². The van der Waals surface area contributed by atoms with Gasteiger partial charge in [-0.15, -0.1) is 0 Å². The van der Waals surface area contributed by atoms with Gasteiger partial charge in [0.25, 0.3) is 0 Å². The number of aliphatic hydroxyl groups is 1. The fourth-order valence-corrected chi connectivity index (χ4v) is 3.90. The van der Waals surface area contributed by atoms with E-state index in [0.717, 1.165) is 6.26 Å². The van der Waals surface area contributed by atoms with Crippen LogP contribution in [-0.2, 0) is 19.4 Å². The zero-order valence-corrected chi connectivity index (χ0v) is 17.7. The zero-order valence-electron chi connectivity index (χ0n) is 15.4. The van der Waals surface area contributed by atoms with Gasteiger partial charge in [-0.3, -0.25) is 0 Å². The van der Waals surface area contributed by atoms with Crippen LogP contribution in [0.3, 0.4) is 0 Å². The predicted molar refractivity (Wildman–Crippen MR) is 110 cm³/mol. The Morgan fingerprint density at radius 3 is 2.07 bits per heavy atom. The molecule has 1 N–H and O–H groups in total. The summed E-state index contributed by atoms with van der Waals surface area (Å²) in [6, 6.07) is 11.0. The van der Waals surface area contributed by atoms with Gasteiger partial charge in [0.05, 0.1) is 11.5 Å². The van der Waals surface area contributed by atoms with Gasteiger partial charge < -0.3 is 9.84 Å². The number of benzene rings is 2. The topological polar surface area (TPSA) is 80.7 Å². The van der Waals surface area contributed by atoms with Crippen molar-refractivity contribution in [1.82, 2.24) is 0 Å². The number of esters is 1. The van der Waals surface area contributed by atoms with Crippen LogP contribution in [0.2, 0.25) is 10.0 Å². The molecule has 0 fully saturated rings. The molecule has 0 radical (unpaired) electrons. The van der Waals surface area contributed by atoms with E-state index >= 15 is 0 Å². The van der Waals surface area contributed by atoms with Gasteiger partial charge >= 0.3 is 5.97 Å². The second-order valence-electron chi connectivity index (χ2n) is 6.00. The molecular formula is C20H20Cl2O5S. The van der Waals surface area contributed by atoms with Crippen LogP contribution in [0.4, 0.5) is 0 Å². The lowest BCUT2D eigenvalue weighted by Crippen LogP contribution is -2.12. The van der Waals surface area contributed by atoms with Crippen molar-refractivity contribution in [2.75, 3.05) is 19.5 Å². The van der Waals surface area contributed by atoms with Gasteiger partial charge in [-0.25, -0.2) is 13.2 Å². The Hall–Kier alpha value is -1.86. The molecule has 0 saturated carbocycles. The minimum Gasteiger partial charge on any atom is -0.463 e. The third-order valence-electron chi connectivity index (χ3n) is 3.91. The van der Waals surface area contributed by atoms with Crippen molar-refractivity contribution in [2.24, 2.45) is 0 Å². The van der Waals surface area contributed by atoms with Gasteiger partial charge in [-0.2, -0.15) is 0 Å². The maximum atomic E-state index is 12.6. The first-order valence-electron chi connectivity index (χ1n) is 8.45. The highest BCUT2D eigenvalue weighted by molar-refractivity contribution is 7.90. The molecule has 0 aliphatic carbocycles. The Morgan fingerprint density at radius 2 is 1.61 bits per heavy atom. The number of rotatable bonds is 7. The second kappa shape index (κ2) is 9.56. The van der Waals surface area contributed by atoms with Crippen LogP contribution in [0.25, 0.3) is 5.57 Å². The minimum atomic E-state index is -3.37. The van der Waals surface area contributed by atoms with E-state index in [1.165, 1.54) is 12.1 Å². The van der Waals surface area contributed by atoms with E-state index < -0.39 is 15.8 Å². The van der Waals surface area contributed by atoms with E-state index in [2.05, 4.69) is 0 Å². The number of hydrogen-bond donors (Lipinski definition) is 1. The summed E-state index contributed by atoms with van der Waals surface area (Å²) in [5.41, 5.74) is 1.84. The Morgan fingerprint density at radius 1 is 1.04 bits per heavy atom. The molecule has 2 aromatic carbocycles. The number of ether oxygens (including phenoxy) is 1. The second-order valence-corrected chi connectivity index (χ2v) is 8.89. The van der Waals surface area contributed by atoms with E-state index in [1.54, 1.807) is 37.3 Å². The molecular weight excluding hydrogens is 423 g/mol. The number of carbonyl (C=O) groups is 1. The summed E-state index contributed by atoms with van der Waals surface area (Å²) in [7, 11) is -3.37. The molecule has 5 nitrogen and oxygen atoms in total. The molecule has 0 heterocycles. The van der Waals surface area contributed by atoms with Gasteiger partial charge in [0, 0.05) is 34.9 Å². The lowest BCUT2D eigenvalue weighted by molar-refractivity contribution is -0.138. The standard InChI is InChI=1S/C20H20Cl2O5S/c1-3-27-20(24)18(8-9-23)19(14-10-15(21)12-16(22)11-14)13-4-6-17(7-5-13)28(2,25)26/h4-7,10-12,23H,3,8-9H2,1-2H3/b19-18-. The number of carbonyl (C=O) groups excluding carboxylic acids is 1. The van der Waals surface area contributed by atoms with E-state index in [4.69, 9.17) is 27.9 Å². The highest BCUT2D eigenvalue weighted by Crippen LogP contribution is 2.33. The molecule has 0 aliphatic heterocycles. The molecule has 0 saturated heterocycles. The predicted octanol–water partition coefficient (Wildman–Crippen LogP) is 4.14. The molecule has 2 aromatic rings. The van der Waals surface area contributed by atoms with Crippen LogP contribution in [0.15, 0.2) is 52.9 Å². The van der Waals surface area contributed by atoms with Crippen LogP contribution < -0.4 is 0 Å². The molecule has 0 bridgehead atoms. The average molecular weight is 443 g/mol. The van der Waals surface area contributed by atoms with E-state index in [9.17, 15) is 18.3 Å². The maximum absolute atomic E-state index is 12.6. The van der Waals surface area contributed by atoms with Crippen LogP contribution in [0, 0.1) is 0 Å². The molecule has 2 rings (SSSR count). The van der Waals surface area contributed by atoms with Crippen molar-refractivity contribution in [3.8, 4) is 0 Å². The quantitative estimate of drug-likeness (QED) is 0.514. The molecule has 0 spiro atoms. The summed E-state index contributed by atoms with van der Waals surface area (Å²) >= 11 is 12.3. The summed E-state index contributed by atoms with van der Waals surface area (Å²) in [6.07, 6.45) is 1.16. The zero-order chi connectivity index (χ0) is 20.9. The number of sulfone groups is 1. The van der Waals surface area contributed by atoms with Crippen molar-refractivity contribution in [1.29, 1.82) is 0 Å². The molecule has 28 heavy (non-hydrogen) atoms. The highest BCUT2D eigenvalue weighted by atomic mass is 35.5. The fraction of sp³-hybridized carbons (Fsp3) is 0.250. The SMILES string of the molecule is CCOC(=O)/C(CCO)=C(/c1ccc(S(C)(=O)=O)cc1)c1cc(Cl)cc(Cl)c1. The lowest BCUT2D eigenvalue weighted by atomic mass is 9.91. The number of hydrogen-bond acceptors (Lipinski definition) is 5. The van der Waals surface area contributed by atoms with Crippen molar-refractivity contribution in [3.05, 3.63) is 69.2 Å². The summed E-state index contributed by atoms with van der Waals surface area (Å²) in [4.78, 5) is 12.7. The molecule has 150 valence electrons. The third kappa shape index (κ3) is 5.58. The summed E-state index contributed by atoms with van der Waals surface area (Å²) in [6.45, 7) is 1.59. The van der Waals surface area contributed by atoms with Gasteiger partial charge in [0.1, 0.15) is 0 Å². The van der Waals surface area contributed by atoms with Gasteiger partial charge in [-0.05, 0) is 54.0 Å². The minimum absolute atomic E-state index is 0.0477. The summed E-state index contributed by atoms with van der Waals surface area (Å²) in [5, 5.41) is 10.2. The highest BCUT2D eigenvalue weighted by Gasteiger charge is 2.20. The third-order valence-corrected chi connectivity index (χ3v) is 5.47. The molecule has 0 amide bonds. The molecule has 0 aromatic heterocycles. The van der Waals surface area contributed by atoms with E-state index in [-0.39, 0.29) is 30.1 Å². The van der Waals surface area contributed by atoms with Gasteiger partial charge in [0.2, 0.25) is 0 Å². The van der Waals surface area contributed by atoms with Crippen molar-refractivity contribution < 1.29 is 23.1 Å². The Bertz CT molecular complexity index is 976. The first-order valence-corrected chi connectivity index (χ1v) is 11.1. The Labute approximate surface area is 174 Å². The number of aliphatic hydroxyl groups excluding tert-OH is 1. The van der Waals surface area contributed by atoms with Crippen molar-refractivity contribution in [2.45, 2.75) is 18.2 Å². The summed E-state index contributed by atoms with van der Waals surface area (Å²) in [5.74, 6) is -0.574. The van der Waals surface area contributed by atoms with Crippen molar-refractivity contribution in [3.63, 3.8) is 0 Å². The average Bonchev–Trinajstić information content (AvgIpc) is 2.60. The van der Waals surface area contributed by atoms with E-state index in [0.29, 0.717) is 26.7 Å². The molecule has 0 atom stereocenters. The number of halogens is 2. The lowest BCUT2D eigenvalue weighted by Gasteiger charge is -2.16. The maximum Gasteiger partial charge on any atom is 0.334 e. The first-order chi connectivity index (χ1) is 13.2. The molecule has 8 heteroatoms. The summed E-state index contributed by atoms with van der Waals surface area (Å²) < 4.78 is 28.6. The smallest absolute Gasteiger partial charge is 0.334 e. The fourth-order valence-electron chi connectivity index (χ4n) is 2.74. The van der Waals surface area contributed by atoms with Gasteiger partial charge in [-0.1, -0.05) is 35.3 Å². The van der Waals surface area contributed by atoms with Crippen LogP contribution >= 0.6 is 23.2 Å². The van der Waals surface area contributed by atoms with Crippen LogP contribution in [0.1, 0.15) is 24.5 Å². The van der Waals surface area contributed by atoms with Crippen molar-refractivity contribution >= 4 is 44.6 Å².